The van der Waals surface area contributed by atoms with E-state index in [4.69, 9.17) is 0 Å². The number of hydrogen-bond acceptors (Lipinski definition) is 2. The first-order valence-electron chi connectivity index (χ1n) is 6.43. The highest BCUT2D eigenvalue weighted by Crippen LogP contribution is 2.29. The van der Waals surface area contributed by atoms with Gasteiger partial charge in [0.1, 0.15) is 0 Å². The second-order valence-corrected chi connectivity index (χ2v) is 6.41. The van der Waals surface area contributed by atoms with E-state index < -0.39 is 0 Å². The molecule has 0 aromatic carbocycles. The summed E-state index contributed by atoms with van der Waals surface area (Å²) < 4.78 is 0. The molecule has 1 aliphatic carbocycles. The molecule has 16 heavy (non-hydrogen) atoms. The smallest absolute Gasteiger partial charge is 0.0305 e. The van der Waals surface area contributed by atoms with Crippen LogP contribution in [0.5, 0.6) is 0 Å². The Kier molecular flexibility index (Phi) is 4.04. The predicted molar refractivity (Wildman–Crippen MR) is 71.9 cm³/mol. The molecule has 1 aliphatic rings. The average Bonchev–Trinajstić information content (AvgIpc) is 2.66. The third kappa shape index (κ3) is 2.86. The second kappa shape index (κ2) is 5.33. The molecule has 0 saturated heterocycles. The van der Waals surface area contributed by atoms with E-state index in [1.807, 2.05) is 11.3 Å². The summed E-state index contributed by atoms with van der Waals surface area (Å²) in [5.74, 6) is 1.75. The van der Waals surface area contributed by atoms with Gasteiger partial charge in [-0.15, -0.1) is 11.3 Å². The van der Waals surface area contributed by atoms with Crippen LogP contribution < -0.4 is 5.32 Å². The lowest BCUT2D eigenvalue weighted by Crippen LogP contribution is -2.39. The van der Waals surface area contributed by atoms with Gasteiger partial charge in [0, 0.05) is 17.5 Å². The molecular weight excluding hydrogens is 214 g/mol. The highest BCUT2D eigenvalue weighted by atomic mass is 32.1. The van der Waals surface area contributed by atoms with Gasteiger partial charge in [-0.2, -0.15) is 0 Å². The number of aryl methyl sites for hydroxylation is 1. The fourth-order valence-corrected chi connectivity index (χ4v) is 3.48. The second-order valence-electron chi connectivity index (χ2n) is 5.41. The zero-order valence-corrected chi connectivity index (χ0v) is 11.4. The van der Waals surface area contributed by atoms with E-state index in [1.165, 1.54) is 29.7 Å². The molecule has 0 radical (unpaired) electrons. The van der Waals surface area contributed by atoms with Crippen molar-refractivity contribution in [3.63, 3.8) is 0 Å². The van der Waals surface area contributed by atoms with Crippen LogP contribution in [0, 0.1) is 18.8 Å². The molecule has 1 heterocycles. The third-order valence-corrected chi connectivity index (χ3v) is 4.97. The minimum Gasteiger partial charge on any atom is -0.309 e. The number of thiophene rings is 1. The quantitative estimate of drug-likeness (QED) is 0.838. The van der Waals surface area contributed by atoms with Crippen LogP contribution in [0.25, 0.3) is 0 Å². The molecular formula is C14H23NS. The van der Waals surface area contributed by atoms with Crippen LogP contribution in [-0.2, 0) is 6.54 Å². The fraction of sp³-hybridized carbons (Fsp3) is 0.714. The van der Waals surface area contributed by atoms with Gasteiger partial charge in [0.2, 0.25) is 0 Å². The van der Waals surface area contributed by atoms with Crippen molar-refractivity contribution in [3.05, 3.63) is 21.9 Å². The van der Waals surface area contributed by atoms with Gasteiger partial charge in [0.15, 0.2) is 0 Å². The van der Waals surface area contributed by atoms with E-state index in [9.17, 15) is 0 Å². The molecule has 3 unspecified atom stereocenters. The molecule has 3 atom stereocenters. The Morgan fingerprint density at radius 3 is 2.88 bits per heavy atom. The fourth-order valence-electron chi connectivity index (χ4n) is 2.63. The van der Waals surface area contributed by atoms with Crippen molar-refractivity contribution >= 4 is 11.3 Å². The number of hydrogen-bond donors (Lipinski definition) is 1. The summed E-state index contributed by atoms with van der Waals surface area (Å²) in [7, 11) is 0. The number of nitrogens with one attached hydrogen (secondary N) is 1. The monoisotopic (exact) mass is 237 g/mol. The Hall–Kier alpha value is -0.340. The van der Waals surface area contributed by atoms with Crippen molar-refractivity contribution in [3.8, 4) is 0 Å². The molecule has 1 saturated carbocycles. The first kappa shape index (κ1) is 12.1. The average molecular weight is 237 g/mol. The first-order chi connectivity index (χ1) is 7.66. The first-order valence-corrected chi connectivity index (χ1v) is 7.31. The summed E-state index contributed by atoms with van der Waals surface area (Å²) in [5, 5.41) is 5.95. The maximum atomic E-state index is 3.76. The summed E-state index contributed by atoms with van der Waals surface area (Å²) in [5.41, 5.74) is 1.44. The summed E-state index contributed by atoms with van der Waals surface area (Å²) in [6.07, 6.45) is 4.16. The summed E-state index contributed by atoms with van der Waals surface area (Å²) in [6, 6.07) is 2.94. The van der Waals surface area contributed by atoms with Crippen molar-refractivity contribution in [2.45, 2.75) is 52.6 Å². The number of rotatable bonds is 3. The van der Waals surface area contributed by atoms with Crippen LogP contribution in [0.15, 0.2) is 11.4 Å². The van der Waals surface area contributed by atoms with Gasteiger partial charge in [-0.3, -0.25) is 0 Å². The molecule has 1 fully saturated rings. The maximum absolute atomic E-state index is 3.76. The van der Waals surface area contributed by atoms with Crippen molar-refractivity contribution < 1.29 is 0 Å². The van der Waals surface area contributed by atoms with Gasteiger partial charge in [0.25, 0.3) is 0 Å². The minimum atomic E-state index is 0.727. The van der Waals surface area contributed by atoms with Crippen LogP contribution in [0.3, 0.4) is 0 Å². The van der Waals surface area contributed by atoms with Crippen molar-refractivity contribution in [2.75, 3.05) is 0 Å². The molecule has 1 N–H and O–H groups in total. The molecule has 2 rings (SSSR count). The van der Waals surface area contributed by atoms with Gasteiger partial charge in [0.05, 0.1) is 0 Å². The molecule has 0 bridgehead atoms. The maximum Gasteiger partial charge on any atom is 0.0305 e. The van der Waals surface area contributed by atoms with E-state index in [0.29, 0.717) is 0 Å². The molecule has 0 amide bonds. The highest BCUT2D eigenvalue weighted by Gasteiger charge is 2.24. The van der Waals surface area contributed by atoms with Crippen LogP contribution >= 0.6 is 11.3 Å². The predicted octanol–water partition coefficient (Wildman–Crippen LogP) is 3.97. The Bertz CT molecular complexity index is 331. The zero-order chi connectivity index (χ0) is 11.5. The molecule has 90 valence electrons. The Morgan fingerprint density at radius 2 is 2.19 bits per heavy atom. The summed E-state index contributed by atoms with van der Waals surface area (Å²) in [4.78, 5) is 1.51. The Labute approximate surface area is 103 Å². The van der Waals surface area contributed by atoms with Gasteiger partial charge in [-0.1, -0.05) is 20.3 Å². The Morgan fingerprint density at radius 1 is 1.38 bits per heavy atom. The molecule has 1 aromatic rings. The lowest BCUT2D eigenvalue weighted by molar-refractivity contribution is 0.228. The van der Waals surface area contributed by atoms with Crippen LogP contribution in [0.4, 0.5) is 0 Å². The minimum absolute atomic E-state index is 0.727. The molecule has 0 spiro atoms. The van der Waals surface area contributed by atoms with E-state index in [0.717, 1.165) is 24.4 Å². The normalized spacial score (nSPS) is 30.6. The lowest BCUT2D eigenvalue weighted by atomic mass is 9.80. The third-order valence-electron chi connectivity index (χ3n) is 3.95. The van der Waals surface area contributed by atoms with Crippen molar-refractivity contribution in [2.24, 2.45) is 11.8 Å². The Balaban J connectivity index is 1.87. The zero-order valence-electron chi connectivity index (χ0n) is 10.6. The lowest BCUT2D eigenvalue weighted by Gasteiger charge is -2.33. The highest BCUT2D eigenvalue weighted by molar-refractivity contribution is 7.10. The molecule has 2 heteroatoms. The molecule has 1 aromatic heterocycles. The molecule has 1 nitrogen and oxygen atoms in total. The van der Waals surface area contributed by atoms with Gasteiger partial charge in [-0.25, -0.2) is 0 Å². The largest absolute Gasteiger partial charge is 0.309 e. The van der Waals surface area contributed by atoms with Crippen LogP contribution in [0.2, 0.25) is 0 Å². The van der Waals surface area contributed by atoms with E-state index in [2.05, 4.69) is 37.5 Å². The van der Waals surface area contributed by atoms with Crippen molar-refractivity contribution in [1.29, 1.82) is 0 Å². The van der Waals surface area contributed by atoms with Gasteiger partial charge < -0.3 is 5.32 Å². The summed E-state index contributed by atoms with van der Waals surface area (Å²) in [6.45, 7) is 8.05. The van der Waals surface area contributed by atoms with Gasteiger partial charge in [-0.05, 0) is 48.6 Å². The summed E-state index contributed by atoms with van der Waals surface area (Å²) >= 11 is 1.88. The van der Waals surface area contributed by atoms with Gasteiger partial charge >= 0.3 is 0 Å². The van der Waals surface area contributed by atoms with Crippen LogP contribution in [-0.4, -0.2) is 6.04 Å². The van der Waals surface area contributed by atoms with E-state index in [1.54, 1.807) is 0 Å². The van der Waals surface area contributed by atoms with E-state index >= 15 is 0 Å². The standard InChI is InChI=1S/C14H23NS/c1-10-4-5-11(2)13(8-10)15-9-14-12(3)6-7-16-14/h6-7,10-11,13,15H,4-5,8-9H2,1-3H3. The SMILES string of the molecule is Cc1ccsc1CNC1CC(C)CCC1C. The van der Waals surface area contributed by atoms with Crippen LogP contribution in [0.1, 0.15) is 43.6 Å². The van der Waals surface area contributed by atoms with Crippen molar-refractivity contribution in [1.82, 2.24) is 5.32 Å². The molecule has 0 aliphatic heterocycles. The topological polar surface area (TPSA) is 12.0 Å². The van der Waals surface area contributed by atoms with E-state index in [-0.39, 0.29) is 0 Å².